The summed E-state index contributed by atoms with van der Waals surface area (Å²) in [7, 11) is 0. The van der Waals surface area contributed by atoms with Gasteiger partial charge in [-0.2, -0.15) is 0 Å². The van der Waals surface area contributed by atoms with Crippen molar-refractivity contribution in [2.45, 2.75) is 19.9 Å². The molecule has 0 saturated carbocycles. The van der Waals surface area contributed by atoms with Crippen LogP contribution in [0.15, 0.2) is 96.7 Å². The third-order valence-corrected chi connectivity index (χ3v) is 6.56. The molecule has 170 valence electrons. The average Bonchev–Trinajstić information content (AvgIpc) is 2.92. The van der Waals surface area contributed by atoms with Crippen molar-refractivity contribution < 1.29 is 4.79 Å². The lowest BCUT2D eigenvalue weighted by Crippen LogP contribution is -2.37. The van der Waals surface area contributed by atoms with Gasteiger partial charge in [-0.15, -0.1) is 0 Å². The number of rotatable bonds is 6. The molecule has 0 radical (unpaired) electrons. The number of benzene rings is 3. The summed E-state index contributed by atoms with van der Waals surface area (Å²) in [6.07, 6.45) is 2.67. The van der Waals surface area contributed by atoms with E-state index in [0.717, 1.165) is 46.1 Å². The molecule has 0 spiro atoms. The minimum atomic E-state index is 0.0875. The van der Waals surface area contributed by atoms with Gasteiger partial charge in [-0.05, 0) is 59.7 Å². The van der Waals surface area contributed by atoms with E-state index >= 15 is 0 Å². The second-order valence-corrected chi connectivity index (χ2v) is 8.63. The van der Waals surface area contributed by atoms with Gasteiger partial charge in [0.2, 0.25) is 0 Å². The zero-order valence-corrected chi connectivity index (χ0v) is 19.5. The van der Waals surface area contributed by atoms with E-state index in [4.69, 9.17) is 0 Å². The Balaban J connectivity index is 1.49. The molecule has 1 amide bonds. The molecule has 2 heterocycles. The standard InChI is InChI=1S/C30H29N3O/c1-2-33(21-29-27-14-7-6-11-23(27)15-18-32-29)30(34)28-20-31-17-16-26(28)25-13-8-12-24(19-25)22-9-4-3-5-10-22/h3-15,18-19,31H,2,16-17,20-21H2,1H3. The van der Waals surface area contributed by atoms with Gasteiger partial charge in [-0.25, -0.2) is 0 Å². The molecule has 4 heteroatoms. The summed E-state index contributed by atoms with van der Waals surface area (Å²) in [6, 6.07) is 29.2. The second kappa shape index (κ2) is 10.0. The molecule has 4 nitrogen and oxygen atoms in total. The fourth-order valence-corrected chi connectivity index (χ4v) is 4.73. The molecule has 1 aromatic heterocycles. The highest BCUT2D eigenvalue weighted by molar-refractivity contribution is 6.02. The first kappa shape index (κ1) is 22.1. The summed E-state index contributed by atoms with van der Waals surface area (Å²) >= 11 is 0. The lowest BCUT2D eigenvalue weighted by molar-refractivity contribution is -0.127. The van der Waals surface area contributed by atoms with Crippen molar-refractivity contribution in [3.05, 3.63) is 108 Å². The van der Waals surface area contributed by atoms with Gasteiger partial charge in [0.15, 0.2) is 0 Å². The summed E-state index contributed by atoms with van der Waals surface area (Å²) in [5.74, 6) is 0.0875. The number of aromatic nitrogens is 1. The lowest BCUT2D eigenvalue weighted by Gasteiger charge is -2.27. The molecule has 0 aliphatic carbocycles. The maximum atomic E-state index is 13.8. The number of hydrogen-bond donors (Lipinski definition) is 1. The smallest absolute Gasteiger partial charge is 0.251 e. The van der Waals surface area contributed by atoms with Gasteiger partial charge < -0.3 is 10.2 Å². The van der Waals surface area contributed by atoms with Crippen LogP contribution in [0.2, 0.25) is 0 Å². The monoisotopic (exact) mass is 447 g/mol. The van der Waals surface area contributed by atoms with Crippen LogP contribution in [-0.2, 0) is 11.3 Å². The van der Waals surface area contributed by atoms with Crippen molar-refractivity contribution in [1.82, 2.24) is 15.2 Å². The average molecular weight is 448 g/mol. The first-order chi connectivity index (χ1) is 16.7. The van der Waals surface area contributed by atoms with Gasteiger partial charge in [-0.3, -0.25) is 9.78 Å². The van der Waals surface area contributed by atoms with Crippen molar-refractivity contribution in [1.29, 1.82) is 0 Å². The first-order valence-corrected chi connectivity index (χ1v) is 11.9. The Hall–Kier alpha value is -3.76. The minimum absolute atomic E-state index is 0.0875. The van der Waals surface area contributed by atoms with Crippen LogP contribution in [0, 0.1) is 0 Å². The van der Waals surface area contributed by atoms with E-state index in [2.05, 4.69) is 71.0 Å². The topological polar surface area (TPSA) is 45.2 Å². The van der Waals surface area contributed by atoms with Crippen LogP contribution in [0.4, 0.5) is 0 Å². The maximum absolute atomic E-state index is 13.8. The zero-order chi connectivity index (χ0) is 23.3. The Bertz CT molecular complexity index is 1340. The summed E-state index contributed by atoms with van der Waals surface area (Å²) in [5.41, 5.74) is 6.42. The predicted octanol–water partition coefficient (Wildman–Crippen LogP) is 5.70. The van der Waals surface area contributed by atoms with Crippen LogP contribution in [0.3, 0.4) is 0 Å². The summed E-state index contributed by atoms with van der Waals surface area (Å²) in [4.78, 5) is 20.3. The summed E-state index contributed by atoms with van der Waals surface area (Å²) in [6.45, 7) is 4.62. The summed E-state index contributed by atoms with van der Waals surface area (Å²) < 4.78 is 0. The molecule has 0 atom stereocenters. The van der Waals surface area contributed by atoms with Gasteiger partial charge in [0, 0.05) is 30.2 Å². The van der Waals surface area contributed by atoms with E-state index in [1.54, 1.807) is 0 Å². The summed E-state index contributed by atoms with van der Waals surface area (Å²) in [5, 5.41) is 5.66. The molecule has 3 aromatic carbocycles. The Morgan fingerprint density at radius 1 is 0.912 bits per heavy atom. The highest BCUT2D eigenvalue weighted by Gasteiger charge is 2.25. The van der Waals surface area contributed by atoms with Crippen LogP contribution < -0.4 is 5.32 Å². The van der Waals surface area contributed by atoms with E-state index in [9.17, 15) is 4.79 Å². The lowest BCUT2D eigenvalue weighted by atomic mass is 9.91. The van der Waals surface area contributed by atoms with E-state index in [1.165, 1.54) is 11.1 Å². The van der Waals surface area contributed by atoms with Gasteiger partial charge in [0.05, 0.1) is 12.2 Å². The zero-order valence-electron chi connectivity index (χ0n) is 19.5. The van der Waals surface area contributed by atoms with E-state index in [0.29, 0.717) is 19.6 Å². The Morgan fingerprint density at radius 2 is 1.68 bits per heavy atom. The van der Waals surface area contributed by atoms with Crippen molar-refractivity contribution in [3.63, 3.8) is 0 Å². The van der Waals surface area contributed by atoms with E-state index in [1.807, 2.05) is 42.3 Å². The SMILES string of the molecule is CCN(Cc1nccc2ccccc12)C(=O)C1=C(c2cccc(-c3ccccc3)c2)CCNC1. The van der Waals surface area contributed by atoms with Gasteiger partial charge in [0.1, 0.15) is 0 Å². The number of likely N-dealkylation sites (N-methyl/N-ethyl adjacent to an activating group) is 1. The normalized spacial score (nSPS) is 13.8. The van der Waals surface area contributed by atoms with Crippen LogP contribution in [0.25, 0.3) is 27.5 Å². The Kier molecular flexibility index (Phi) is 6.50. The molecule has 0 fully saturated rings. The molecule has 4 aromatic rings. The van der Waals surface area contributed by atoms with Crippen molar-refractivity contribution in [3.8, 4) is 11.1 Å². The van der Waals surface area contributed by atoms with Crippen LogP contribution in [0.1, 0.15) is 24.6 Å². The number of fused-ring (bicyclic) bond motifs is 1. The highest BCUT2D eigenvalue weighted by Crippen LogP contribution is 2.30. The molecular formula is C30H29N3O. The van der Waals surface area contributed by atoms with Gasteiger partial charge >= 0.3 is 0 Å². The number of pyridine rings is 1. The maximum Gasteiger partial charge on any atom is 0.251 e. The molecule has 0 saturated heterocycles. The van der Waals surface area contributed by atoms with Gasteiger partial charge in [0.25, 0.3) is 5.91 Å². The van der Waals surface area contributed by atoms with Crippen LogP contribution >= 0.6 is 0 Å². The number of carbonyl (C=O) groups excluding carboxylic acids is 1. The quantitative estimate of drug-likeness (QED) is 0.413. The fourth-order valence-electron chi connectivity index (χ4n) is 4.73. The van der Waals surface area contributed by atoms with Crippen molar-refractivity contribution >= 4 is 22.3 Å². The number of hydrogen-bond acceptors (Lipinski definition) is 3. The molecule has 5 rings (SSSR count). The van der Waals surface area contributed by atoms with E-state index < -0.39 is 0 Å². The first-order valence-electron chi connectivity index (χ1n) is 11.9. The molecule has 34 heavy (non-hydrogen) atoms. The third kappa shape index (κ3) is 4.50. The number of carbonyl (C=O) groups is 1. The largest absolute Gasteiger partial charge is 0.333 e. The molecule has 1 aliphatic rings. The Morgan fingerprint density at radius 3 is 2.53 bits per heavy atom. The van der Waals surface area contributed by atoms with Crippen LogP contribution in [-0.4, -0.2) is 35.4 Å². The number of nitrogens with zero attached hydrogens (tertiary/aromatic N) is 2. The van der Waals surface area contributed by atoms with Crippen LogP contribution in [0.5, 0.6) is 0 Å². The molecule has 1 N–H and O–H groups in total. The third-order valence-electron chi connectivity index (χ3n) is 6.56. The number of nitrogens with one attached hydrogen (secondary N) is 1. The number of amides is 1. The molecule has 1 aliphatic heterocycles. The van der Waals surface area contributed by atoms with Gasteiger partial charge in [-0.1, -0.05) is 72.8 Å². The Labute approximate surface area is 201 Å². The van der Waals surface area contributed by atoms with E-state index in [-0.39, 0.29) is 5.91 Å². The molecular weight excluding hydrogens is 418 g/mol. The predicted molar refractivity (Wildman–Crippen MR) is 139 cm³/mol. The highest BCUT2D eigenvalue weighted by atomic mass is 16.2. The molecule has 0 bridgehead atoms. The molecule has 0 unspecified atom stereocenters. The second-order valence-electron chi connectivity index (χ2n) is 8.63. The van der Waals surface area contributed by atoms with Crippen molar-refractivity contribution in [2.75, 3.05) is 19.6 Å². The fraction of sp³-hybridized carbons (Fsp3) is 0.200. The van der Waals surface area contributed by atoms with Crippen molar-refractivity contribution in [2.24, 2.45) is 0 Å². The minimum Gasteiger partial charge on any atom is -0.333 e.